The summed E-state index contributed by atoms with van der Waals surface area (Å²) < 4.78 is 14.7. The topological polar surface area (TPSA) is 44.8 Å². The molecule has 0 aromatic rings. The maximum Gasteiger partial charge on any atom is 0.304 e. The number of carbonyl (C=O) groups is 1. The van der Waals surface area contributed by atoms with Crippen LogP contribution in [-0.4, -0.2) is 33.1 Å². The second-order valence-corrected chi connectivity index (χ2v) is 2.16. The Morgan fingerprint density at radius 3 is 1.83 bits per heavy atom. The van der Waals surface area contributed by atoms with E-state index in [1.54, 1.807) is 0 Å². The largest absolute Gasteiger partial charge is 0.327 e. The second kappa shape index (κ2) is 5.03. The third kappa shape index (κ3) is 3.13. The molecule has 0 aliphatic heterocycles. The third-order valence-corrected chi connectivity index (χ3v) is 1.38. The maximum atomic E-state index is 10.6. The minimum absolute atomic E-state index is 0.0921. The summed E-state index contributed by atoms with van der Waals surface area (Å²) in [7, 11) is 4.28. The normalized spacial score (nSPS) is 12.3. The molecule has 0 fully saturated rings. The van der Waals surface area contributed by atoms with Crippen LogP contribution in [0.3, 0.4) is 0 Å². The molecule has 70 valence electrons. The quantitative estimate of drug-likeness (QED) is 0.455. The first-order chi connectivity index (χ1) is 5.60. The van der Waals surface area contributed by atoms with Crippen LogP contribution in [0.4, 0.5) is 0 Å². The van der Waals surface area contributed by atoms with Gasteiger partial charge < -0.3 is 14.2 Å². The molecular weight excluding hydrogens is 160 g/mol. The number of hydrogen-bond donors (Lipinski definition) is 0. The summed E-state index contributed by atoms with van der Waals surface area (Å²) >= 11 is 0. The van der Waals surface area contributed by atoms with E-state index in [1.165, 1.54) is 40.4 Å². The Morgan fingerprint density at radius 2 is 1.58 bits per heavy atom. The first kappa shape index (κ1) is 11.3. The highest BCUT2D eigenvalue weighted by Gasteiger charge is 2.25. The molecule has 4 heteroatoms. The van der Waals surface area contributed by atoms with E-state index >= 15 is 0 Å². The average molecular weight is 174 g/mol. The molecule has 0 aromatic carbocycles. The van der Waals surface area contributed by atoms with Crippen LogP contribution in [0, 0.1) is 0 Å². The molecule has 0 atom stereocenters. The fraction of sp³-hybridized carbons (Fsp3) is 0.625. The molecule has 4 nitrogen and oxygen atoms in total. The number of rotatable bonds is 5. The van der Waals surface area contributed by atoms with E-state index in [0.717, 1.165) is 0 Å². The van der Waals surface area contributed by atoms with Gasteiger partial charge in [-0.3, -0.25) is 4.79 Å². The Morgan fingerprint density at radius 1 is 1.17 bits per heavy atom. The van der Waals surface area contributed by atoms with Gasteiger partial charge in [-0.1, -0.05) is 0 Å². The van der Waals surface area contributed by atoms with Crippen LogP contribution >= 0.6 is 0 Å². The van der Waals surface area contributed by atoms with Crippen LogP contribution in [0.5, 0.6) is 0 Å². The Labute approximate surface area is 72.1 Å². The van der Waals surface area contributed by atoms with Crippen molar-refractivity contribution < 1.29 is 19.0 Å². The van der Waals surface area contributed by atoms with Gasteiger partial charge in [-0.15, -0.1) is 0 Å². The zero-order chi connectivity index (χ0) is 9.61. The number of methoxy groups -OCH3 is 3. The molecular formula is C8H14O4. The van der Waals surface area contributed by atoms with Crippen molar-refractivity contribution in [1.29, 1.82) is 0 Å². The molecule has 0 aromatic heterocycles. The molecule has 0 rings (SSSR count). The van der Waals surface area contributed by atoms with Gasteiger partial charge >= 0.3 is 5.97 Å². The van der Waals surface area contributed by atoms with Crippen molar-refractivity contribution in [3.63, 3.8) is 0 Å². The van der Waals surface area contributed by atoms with Gasteiger partial charge in [0.25, 0.3) is 0 Å². The van der Waals surface area contributed by atoms with Crippen molar-refractivity contribution in [2.75, 3.05) is 21.3 Å². The number of ketones is 1. The highest BCUT2D eigenvalue weighted by atomic mass is 16.9. The van der Waals surface area contributed by atoms with Crippen LogP contribution in [0.1, 0.15) is 6.92 Å². The first-order valence-corrected chi connectivity index (χ1v) is 3.45. The summed E-state index contributed by atoms with van der Waals surface area (Å²) in [6.07, 6.45) is 2.74. The lowest BCUT2D eigenvalue weighted by Gasteiger charge is -2.24. The van der Waals surface area contributed by atoms with Crippen LogP contribution in [0.15, 0.2) is 12.2 Å². The van der Waals surface area contributed by atoms with Gasteiger partial charge in [0, 0.05) is 27.4 Å². The van der Waals surface area contributed by atoms with Crippen molar-refractivity contribution >= 4 is 5.78 Å². The predicted molar refractivity (Wildman–Crippen MR) is 43.6 cm³/mol. The molecule has 0 radical (unpaired) electrons. The van der Waals surface area contributed by atoms with Gasteiger partial charge in [0.2, 0.25) is 0 Å². The van der Waals surface area contributed by atoms with E-state index in [4.69, 9.17) is 14.2 Å². The van der Waals surface area contributed by atoms with Crippen LogP contribution in [0.25, 0.3) is 0 Å². The van der Waals surface area contributed by atoms with E-state index in [2.05, 4.69) is 0 Å². The lowest BCUT2D eigenvalue weighted by atomic mass is 10.3. The molecule has 0 aliphatic rings. The molecule has 0 aliphatic carbocycles. The lowest BCUT2D eigenvalue weighted by molar-refractivity contribution is -0.318. The average Bonchev–Trinajstić information content (AvgIpc) is 2.08. The first-order valence-electron chi connectivity index (χ1n) is 3.45. The van der Waals surface area contributed by atoms with E-state index < -0.39 is 5.97 Å². The molecule has 0 N–H and O–H groups in total. The standard InChI is InChI=1S/C8H14O4/c1-7(9)5-6-8(10-2,11-3)12-4/h5-6H,1-4H3/b6-5+. The Balaban J connectivity index is 4.39. The fourth-order valence-electron chi connectivity index (χ4n) is 0.674. The van der Waals surface area contributed by atoms with Gasteiger partial charge in [0.1, 0.15) is 0 Å². The van der Waals surface area contributed by atoms with Gasteiger partial charge in [-0.2, -0.15) is 0 Å². The van der Waals surface area contributed by atoms with Gasteiger partial charge in [0.05, 0.1) is 0 Å². The third-order valence-electron chi connectivity index (χ3n) is 1.38. The second-order valence-electron chi connectivity index (χ2n) is 2.16. The zero-order valence-electron chi connectivity index (χ0n) is 7.79. The highest BCUT2D eigenvalue weighted by molar-refractivity contribution is 5.87. The van der Waals surface area contributed by atoms with Crippen molar-refractivity contribution in [2.24, 2.45) is 0 Å². The highest BCUT2D eigenvalue weighted by Crippen LogP contribution is 2.13. The van der Waals surface area contributed by atoms with Gasteiger partial charge in [-0.05, 0) is 13.0 Å². The Hall–Kier alpha value is -0.710. The Kier molecular flexibility index (Phi) is 4.73. The molecule has 0 saturated heterocycles. The minimum Gasteiger partial charge on any atom is -0.327 e. The molecule has 0 bridgehead atoms. The van der Waals surface area contributed by atoms with Gasteiger partial charge in [0.15, 0.2) is 5.78 Å². The smallest absolute Gasteiger partial charge is 0.304 e. The number of ether oxygens (including phenoxy) is 3. The fourth-order valence-corrected chi connectivity index (χ4v) is 0.674. The van der Waals surface area contributed by atoms with Gasteiger partial charge in [-0.25, -0.2) is 0 Å². The van der Waals surface area contributed by atoms with Crippen LogP contribution in [-0.2, 0) is 19.0 Å². The SMILES string of the molecule is COC(/C=C/C(C)=O)(OC)OC. The number of carbonyl (C=O) groups excluding carboxylic acids is 1. The molecule has 0 saturated carbocycles. The van der Waals surface area contributed by atoms with Crippen molar-refractivity contribution in [2.45, 2.75) is 12.9 Å². The number of hydrogen-bond acceptors (Lipinski definition) is 4. The van der Waals surface area contributed by atoms with E-state index in [1.807, 2.05) is 0 Å². The van der Waals surface area contributed by atoms with Crippen molar-refractivity contribution in [1.82, 2.24) is 0 Å². The number of allylic oxidation sites excluding steroid dienone is 1. The molecule has 0 amide bonds. The molecule has 0 unspecified atom stereocenters. The summed E-state index contributed by atoms with van der Waals surface area (Å²) in [5, 5.41) is 0. The summed E-state index contributed by atoms with van der Waals surface area (Å²) in [6.45, 7) is 1.43. The van der Waals surface area contributed by atoms with Crippen molar-refractivity contribution in [3.05, 3.63) is 12.2 Å². The van der Waals surface area contributed by atoms with E-state index in [0.29, 0.717) is 0 Å². The minimum atomic E-state index is -1.24. The van der Waals surface area contributed by atoms with E-state index in [9.17, 15) is 4.79 Å². The maximum absolute atomic E-state index is 10.6. The Bertz CT molecular complexity index is 162. The lowest BCUT2D eigenvalue weighted by Crippen LogP contribution is -2.33. The molecule has 0 spiro atoms. The molecule has 0 heterocycles. The zero-order valence-corrected chi connectivity index (χ0v) is 7.79. The van der Waals surface area contributed by atoms with E-state index in [-0.39, 0.29) is 5.78 Å². The summed E-state index contributed by atoms with van der Waals surface area (Å²) in [5.41, 5.74) is 0. The van der Waals surface area contributed by atoms with Crippen molar-refractivity contribution in [3.8, 4) is 0 Å². The molecule has 12 heavy (non-hydrogen) atoms. The van der Waals surface area contributed by atoms with Crippen LogP contribution in [0.2, 0.25) is 0 Å². The predicted octanol–water partition coefficient (Wildman–Crippen LogP) is 0.725. The monoisotopic (exact) mass is 174 g/mol. The summed E-state index contributed by atoms with van der Waals surface area (Å²) in [6, 6.07) is 0. The summed E-state index contributed by atoms with van der Waals surface area (Å²) in [4.78, 5) is 10.6. The summed E-state index contributed by atoms with van der Waals surface area (Å²) in [5.74, 6) is -1.34. The van der Waals surface area contributed by atoms with Crippen LogP contribution < -0.4 is 0 Å².